The van der Waals surface area contributed by atoms with Gasteiger partial charge in [-0.05, 0) is 30.7 Å². The summed E-state index contributed by atoms with van der Waals surface area (Å²) < 4.78 is 5.18. The number of carbonyl (C=O) groups is 1. The highest BCUT2D eigenvalue weighted by molar-refractivity contribution is 6.19. The van der Waals surface area contributed by atoms with Crippen LogP contribution in [0.1, 0.15) is 16.7 Å². The highest BCUT2D eigenvalue weighted by Gasteiger charge is 2.20. The Morgan fingerprint density at radius 3 is 2.64 bits per heavy atom. The van der Waals surface area contributed by atoms with E-state index in [0.29, 0.717) is 11.5 Å². The number of benzene rings is 2. The number of methoxy groups -OCH3 is 1. The van der Waals surface area contributed by atoms with Crippen molar-refractivity contribution in [1.29, 1.82) is 0 Å². The number of aryl methyl sites for hydroxylation is 1. The maximum Gasteiger partial charge on any atom is 0.275 e. The highest BCUT2D eigenvalue weighted by Crippen LogP contribution is 2.18. The second-order valence-electron chi connectivity index (χ2n) is 5.09. The molecule has 4 heteroatoms. The summed E-state index contributed by atoms with van der Waals surface area (Å²) in [6.45, 7) is 2.02. The van der Waals surface area contributed by atoms with Crippen LogP contribution in [0.4, 0.5) is 0 Å². The van der Waals surface area contributed by atoms with Crippen molar-refractivity contribution >= 4 is 17.8 Å². The van der Waals surface area contributed by atoms with Gasteiger partial charge in [-0.2, -0.15) is 0 Å². The Morgan fingerprint density at radius 2 is 1.91 bits per heavy atom. The molecule has 22 heavy (non-hydrogen) atoms. The van der Waals surface area contributed by atoms with Crippen LogP contribution in [0.15, 0.2) is 59.2 Å². The van der Waals surface area contributed by atoms with Gasteiger partial charge in [-0.25, -0.2) is 4.99 Å². The highest BCUT2D eigenvalue weighted by atomic mass is 16.5. The van der Waals surface area contributed by atoms with Gasteiger partial charge in [0.1, 0.15) is 17.3 Å². The van der Waals surface area contributed by atoms with Crippen molar-refractivity contribution < 1.29 is 9.53 Å². The Hall–Kier alpha value is -2.88. The zero-order chi connectivity index (χ0) is 15.5. The van der Waals surface area contributed by atoms with Crippen molar-refractivity contribution in [3.05, 3.63) is 70.9 Å². The molecule has 1 amide bonds. The molecule has 0 bridgehead atoms. The van der Waals surface area contributed by atoms with E-state index in [1.165, 1.54) is 5.56 Å². The molecule has 0 aromatic heterocycles. The Bertz CT molecular complexity index is 774. The maximum absolute atomic E-state index is 12.1. The third-order valence-electron chi connectivity index (χ3n) is 3.42. The lowest BCUT2D eigenvalue weighted by Gasteiger charge is -2.00. The molecule has 0 radical (unpaired) electrons. The lowest BCUT2D eigenvalue weighted by atomic mass is 10.1. The van der Waals surface area contributed by atoms with Gasteiger partial charge in [0, 0.05) is 5.56 Å². The lowest BCUT2D eigenvalue weighted by molar-refractivity contribution is -0.115. The summed E-state index contributed by atoms with van der Waals surface area (Å²) in [5.41, 5.74) is 3.33. The van der Waals surface area contributed by atoms with Crippen LogP contribution in [0.25, 0.3) is 6.08 Å². The Kier molecular flexibility index (Phi) is 3.74. The van der Waals surface area contributed by atoms with Crippen molar-refractivity contribution in [3.8, 4) is 5.75 Å². The summed E-state index contributed by atoms with van der Waals surface area (Å²) in [7, 11) is 1.61. The minimum absolute atomic E-state index is 0.196. The number of hydrogen-bond acceptors (Lipinski definition) is 3. The van der Waals surface area contributed by atoms with Crippen LogP contribution in [-0.2, 0) is 4.79 Å². The number of aliphatic imine (C=N–C) groups is 1. The zero-order valence-corrected chi connectivity index (χ0v) is 12.5. The molecule has 1 N–H and O–H groups in total. The second kappa shape index (κ2) is 5.85. The Labute approximate surface area is 129 Å². The number of carbonyl (C=O) groups excluding carboxylic acids is 1. The second-order valence-corrected chi connectivity index (χ2v) is 5.09. The van der Waals surface area contributed by atoms with E-state index in [0.717, 1.165) is 16.9 Å². The lowest BCUT2D eigenvalue weighted by Crippen LogP contribution is -2.24. The predicted molar refractivity (Wildman–Crippen MR) is 86.8 cm³/mol. The van der Waals surface area contributed by atoms with E-state index in [1.54, 1.807) is 13.2 Å². The molecule has 3 rings (SSSR count). The summed E-state index contributed by atoms with van der Waals surface area (Å²) >= 11 is 0. The third kappa shape index (κ3) is 2.91. The van der Waals surface area contributed by atoms with Crippen molar-refractivity contribution in [3.63, 3.8) is 0 Å². The first-order valence-electron chi connectivity index (χ1n) is 6.98. The summed E-state index contributed by atoms with van der Waals surface area (Å²) in [4.78, 5) is 16.5. The van der Waals surface area contributed by atoms with E-state index < -0.39 is 0 Å². The topological polar surface area (TPSA) is 50.7 Å². The Balaban J connectivity index is 1.92. The van der Waals surface area contributed by atoms with Gasteiger partial charge in [0.15, 0.2) is 0 Å². The van der Waals surface area contributed by atoms with Crippen molar-refractivity contribution in [2.45, 2.75) is 6.92 Å². The summed E-state index contributed by atoms with van der Waals surface area (Å²) in [6.07, 6.45) is 1.75. The predicted octanol–water partition coefficient (Wildman–Crippen LogP) is 2.92. The quantitative estimate of drug-likeness (QED) is 0.884. The van der Waals surface area contributed by atoms with Gasteiger partial charge in [0.05, 0.1) is 7.11 Å². The molecule has 0 spiro atoms. The third-order valence-corrected chi connectivity index (χ3v) is 3.42. The van der Waals surface area contributed by atoms with Gasteiger partial charge in [0.2, 0.25) is 0 Å². The average molecular weight is 292 g/mol. The van der Waals surface area contributed by atoms with E-state index in [9.17, 15) is 4.79 Å². The van der Waals surface area contributed by atoms with Crippen molar-refractivity contribution in [1.82, 2.24) is 5.32 Å². The fraction of sp³-hybridized carbons (Fsp3) is 0.111. The minimum atomic E-state index is -0.196. The van der Waals surface area contributed by atoms with Crippen LogP contribution < -0.4 is 10.1 Å². The molecule has 0 saturated carbocycles. The molecule has 2 aromatic carbocycles. The maximum atomic E-state index is 12.1. The fourth-order valence-electron chi connectivity index (χ4n) is 2.21. The molecule has 0 atom stereocenters. The molecule has 110 valence electrons. The van der Waals surface area contributed by atoms with Crippen LogP contribution >= 0.6 is 0 Å². The molecule has 2 aromatic rings. The zero-order valence-electron chi connectivity index (χ0n) is 12.5. The molecule has 0 fully saturated rings. The number of ether oxygens (including phenoxy) is 1. The number of nitrogens with zero attached hydrogens (tertiary/aromatic N) is 1. The molecule has 0 unspecified atom stereocenters. The number of hydrogen-bond donors (Lipinski definition) is 1. The number of amidine groups is 1. The molecule has 1 heterocycles. The summed E-state index contributed by atoms with van der Waals surface area (Å²) in [5.74, 6) is 1.13. The van der Waals surface area contributed by atoms with E-state index >= 15 is 0 Å². The normalized spacial score (nSPS) is 15.6. The SMILES string of the molecule is COc1cccc(/C=C2\N=C(c3ccc(C)cc3)NC2=O)c1. The smallest absolute Gasteiger partial charge is 0.275 e. The summed E-state index contributed by atoms with van der Waals surface area (Å²) in [6, 6.07) is 15.4. The molecular weight excluding hydrogens is 276 g/mol. The van der Waals surface area contributed by atoms with Gasteiger partial charge in [0.25, 0.3) is 5.91 Å². The first-order chi connectivity index (χ1) is 10.7. The van der Waals surface area contributed by atoms with Crippen molar-refractivity contribution in [2.24, 2.45) is 4.99 Å². The van der Waals surface area contributed by atoms with E-state index in [2.05, 4.69) is 10.3 Å². The number of amides is 1. The molecule has 4 nitrogen and oxygen atoms in total. The van der Waals surface area contributed by atoms with Crippen LogP contribution in [0.2, 0.25) is 0 Å². The van der Waals surface area contributed by atoms with Gasteiger partial charge in [-0.1, -0.05) is 42.0 Å². The van der Waals surface area contributed by atoms with Crippen molar-refractivity contribution in [2.75, 3.05) is 7.11 Å². The van der Waals surface area contributed by atoms with Crippen LogP contribution in [-0.4, -0.2) is 18.9 Å². The van der Waals surface area contributed by atoms with Crippen LogP contribution in [0.3, 0.4) is 0 Å². The number of rotatable bonds is 3. The standard InChI is InChI=1S/C18H16N2O2/c1-12-6-8-14(9-7-12)17-19-16(18(21)20-17)11-13-4-3-5-15(10-13)22-2/h3-11H,1-2H3,(H,19,20,21)/b16-11-. The molecule has 0 saturated heterocycles. The first-order valence-corrected chi connectivity index (χ1v) is 6.98. The summed E-state index contributed by atoms with van der Waals surface area (Å²) in [5, 5.41) is 2.80. The molecule has 1 aliphatic rings. The van der Waals surface area contributed by atoms with Gasteiger partial charge in [-0.15, -0.1) is 0 Å². The molecule has 0 aliphatic carbocycles. The fourth-order valence-corrected chi connectivity index (χ4v) is 2.21. The first kappa shape index (κ1) is 14.1. The Morgan fingerprint density at radius 1 is 1.14 bits per heavy atom. The monoisotopic (exact) mass is 292 g/mol. The van der Waals surface area contributed by atoms with Gasteiger partial charge in [-0.3, -0.25) is 4.79 Å². The van der Waals surface area contributed by atoms with Gasteiger partial charge < -0.3 is 10.1 Å². The van der Waals surface area contributed by atoms with E-state index in [4.69, 9.17) is 4.74 Å². The van der Waals surface area contributed by atoms with E-state index in [-0.39, 0.29) is 5.91 Å². The largest absolute Gasteiger partial charge is 0.497 e. The number of nitrogens with one attached hydrogen (secondary N) is 1. The average Bonchev–Trinajstić information content (AvgIpc) is 2.89. The van der Waals surface area contributed by atoms with E-state index in [1.807, 2.05) is 55.5 Å². The van der Waals surface area contributed by atoms with Crippen LogP contribution in [0, 0.1) is 6.92 Å². The van der Waals surface area contributed by atoms with Crippen LogP contribution in [0.5, 0.6) is 5.75 Å². The molecule has 1 aliphatic heterocycles. The molecular formula is C18H16N2O2. The van der Waals surface area contributed by atoms with Gasteiger partial charge >= 0.3 is 0 Å². The minimum Gasteiger partial charge on any atom is -0.497 e.